The highest BCUT2D eigenvalue weighted by molar-refractivity contribution is 8.13. The molecule has 1 fully saturated rings. The largest absolute Gasteiger partial charge is 0.298 e. The summed E-state index contributed by atoms with van der Waals surface area (Å²) in [6, 6.07) is 0. The summed E-state index contributed by atoms with van der Waals surface area (Å²) in [6.07, 6.45) is 6.93. The minimum Gasteiger partial charge on any atom is -0.262 e. The molecule has 1 heterocycles. The maximum absolute atomic E-state index is 11.0. The Hall–Kier alpha value is -0.620. The van der Waals surface area contributed by atoms with Crippen molar-refractivity contribution in [2.24, 2.45) is 5.92 Å². The summed E-state index contributed by atoms with van der Waals surface area (Å²) in [7, 11) is 1.34. The molecule has 90 valence electrons. The molecule has 0 amide bonds. The van der Waals surface area contributed by atoms with Gasteiger partial charge < -0.3 is 0 Å². The fourth-order valence-corrected chi connectivity index (χ4v) is 2.72. The highest BCUT2D eigenvalue weighted by atomic mass is 35.7. The first-order valence-corrected chi connectivity index (χ1v) is 7.72. The quantitative estimate of drug-likeness (QED) is 0.845. The van der Waals surface area contributed by atoms with Crippen LogP contribution in [0.3, 0.4) is 0 Å². The number of halogens is 1. The number of hydrogen-bond acceptors (Lipinski definition) is 4. The van der Waals surface area contributed by atoms with E-state index in [1.807, 2.05) is 0 Å². The second kappa shape index (κ2) is 4.71. The molecule has 1 aromatic rings. The van der Waals surface area contributed by atoms with E-state index in [0.717, 1.165) is 6.42 Å². The Kier molecular flexibility index (Phi) is 3.49. The molecule has 16 heavy (non-hydrogen) atoms. The maximum atomic E-state index is 11.0. The van der Waals surface area contributed by atoms with Crippen molar-refractivity contribution in [1.29, 1.82) is 0 Å². The zero-order chi connectivity index (χ0) is 11.6. The Morgan fingerprint density at radius 2 is 2.00 bits per heavy atom. The number of aromatic nitrogens is 3. The Morgan fingerprint density at radius 1 is 1.31 bits per heavy atom. The molecule has 2 rings (SSSR count). The fraction of sp³-hybridized carbons (Fsp3) is 0.778. The lowest BCUT2D eigenvalue weighted by Gasteiger charge is -2.19. The summed E-state index contributed by atoms with van der Waals surface area (Å²) in [4.78, 5) is 3.89. The van der Waals surface area contributed by atoms with E-state index in [-0.39, 0.29) is 5.16 Å². The van der Waals surface area contributed by atoms with Crippen molar-refractivity contribution in [2.45, 2.75) is 43.7 Å². The van der Waals surface area contributed by atoms with Crippen LogP contribution in [0.4, 0.5) is 0 Å². The van der Waals surface area contributed by atoms with Gasteiger partial charge in [-0.25, -0.2) is 13.4 Å². The van der Waals surface area contributed by atoms with Crippen LogP contribution in [0.1, 0.15) is 37.9 Å². The van der Waals surface area contributed by atoms with Gasteiger partial charge in [0.05, 0.1) is 0 Å². The van der Waals surface area contributed by atoms with Gasteiger partial charge in [-0.05, 0) is 5.92 Å². The summed E-state index contributed by atoms with van der Waals surface area (Å²) in [5, 5.41) is 5.91. The van der Waals surface area contributed by atoms with Crippen LogP contribution >= 0.6 is 10.7 Å². The SMILES string of the molecule is O=S(=O)(Cl)c1n[nH]c(CC2CCCCC2)n1. The highest BCUT2D eigenvalue weighted by Gasteiger charge is 2.19. The van der Waals surface area contributed by atoms with E-state index in [1.165, 1.54) is 32.1 Å². The van der Waals surface area contributed by atoms with E-state index in [1.54, 1.807) is 0 Å². The van der Waals surface area contributed by atoms with E-state index in [2.05, 4.69) is 15.2 Å². The molecule has 0 unspecified atom stereocenters. The Balaban J connectivity index is 2.02. The van der Waals surface area contributed by atoms with Crippen molar-refractivity contribution < 1.29 is 8.42 Å². The van der Waals surface area contributed by atoms with Gasteiger partial charge in [-0.3, -0.25) is 5.10 Å². The molecule has 5 nitrogen and oxygen atoms in total. The molecule has 0 bridgehead atoms. The normalized spacial score (nSPS) is 18.8. The molecule has 7 heteroatoms. The summed E-state index contributed by atoms with van der Waals surface area (Å²) in [5.74, 6) is 1.21. The number of nitrogens with one attached hydrogen (secondary N) is 1. The van der Waals surface area contributed by atoms with Gasteiger partial charge >= 0.3 is 0 Å². The van der Waals surface area contributed by atoms with Crippen molar-refractivity contribution in [3.05, 3.63) is 5.82 Å². The zero-order valence-corrected chi connectivity index (χ0v) is 10.4. The first-order valence-electron chi connectivity index (χ1n) is 5.41. The lowest BCUT2D eigenvalue weighted by molar-refractivity contribution is 0.351. The van der Waals surface area contributed by atoms with Gasteiger partial charge in [-0.15, -0.1) is 5.10 Å². The van der Waals surface area contributed by atoms with Crippen molar-refractivity contribution >= 4 is 19.7 Å². The summed E-state index contributed by atoms with van der Waals surface area (Å²) >= 11 is 0. The topological polar surface area (TPSA) is 75.7 Å². The Labute approximate surface area is 99.0 Å². The Bertz CT molecular complexity index is 451. The molecule has 1 aliphatic carbocycles. The van der Waals surface area contributed by atoms with Gasteiger partial charge in [0, 0.05) is 17.1 Å². The fourth-order valence-electron chi connectivity index (χ4n) is 2.14. The first kappa shape index (κ1) is 11.9. The van der Waals surface area contributed by atoms with Crippen LogP contribution in [0.2, 0.25) is 0 Å². The zero-order valence-electron chi connectivity index (χ0n) is 8.82. The molecule has 0 aliphatic heterocycles. The van der Waals surface area contributed by atoms with Crippen LogP contribution < -0.4 is 0 Å². The monoisotopic (exact) mass is 263 g/mol. The minimum atomic E-state index is -3.80. The van der Waals surface area contributed by atoms with Crippen LogP contribution in [-0.4, -0.2) is 23.6 Å². The van der Waals surface area contributed by atoms with Gasteiger partial charge in [-0.2, -0.15) is 0 Å². The lowest BCUT2D eigenvalue weighted by atomic mass is 9.87. The van der Waals surface area contributed by atoms with Crippen molar-refractivity contribution in [3.63, 3.8) is 0 Å². The smallest absolute Gasteiger partial charge is 0.262 e. The van der Waals surface area contributed by atoms with E-state index >= 15 is 0 Å². The number of hydrogen-bond donors (Lipinski definition) is 1. The minimum absolute atomic E-state index is 0.319. The van der Waals surface area contributed by atoms with E-state index in [4.69, 9.17) is 10.7 Å². The van der Waals surface area contributed by atoms with E-state index < -0.39 is 9.05 Å². The van der Waals surface area contributed by atoms with Gasteiger partial charge in [0.25, 0.3) is 14.2 Å². The van der Waals surface area contributed by atoms with Gasteiger partial charge in [0.1, 0.15) is 5.82 Å². The third-order valence-electron chi connectivity index (χ3n) is 2.94. The lowest BCUT2D eigenvalue weighted by Crippen LogP contribution is -2.10. The molecule has 1 aliphatic rings. The molecule has 0 spiro atoms. The number of aromatic amines is 1. The van der Waals surface area contributed by atoms with Crippen LogP contribution in [0, 0.1) is 5.92 Å². The Morgan fingerprint density at radius 3 is 2.56 bits per heavy atom. The van der Waals surface area contributed by atoms with Crippen LogP contribution in [0.15, 0.2) is 5.16 Å². The second-order valence-electron chi connectivity index (χ2n) is 4.21. The van der Waals surface area contributed by atoms with E-state index in [0.29, 0.717) is 11.7 Å². The molecular formula is C9H14ClN3O2S. The molecule has 0 atom stereocenters. The summed E-state index contributed by atoms with van der Waals surface area (Å²) in [5.41, 5.74) is 0. The highest BCUT2D eigenvalue weighted by Crippen LogP contribution is 2.26. The van der Waals surface area contributed by atoms with Gasteiger partial charge in [0.15, 0.2) is 0 Å². The molecule has 1 N–H and O–H groups in total. The van der Waals surface area contributed by atoms with Crippen molar-refractivity contribution in [1.82, 2.24) is 15.2 Å². The predicted molar refractivity (Wildman–Crippen MR) is 59.7 cm³/mol. The third-order valence-corrected chi connectivity index (χ3v) is 3.97. The molecule has 0 radical (unpaired) electrons. The molecular weight excluding hydrogens is 250 g/mol. The molecule has 1 saturated carbocycles. The van der Waals surface area contributed by atoms with Crippen LogP contribution in [-0.2, 0) is 15.5 Å². The predicted octanol–water partition coefficient (Wildman–Crippen LogP) is 1.85. The summed E-state index contributed by atoms with van der Waals surface area (Å²) in [6.45, 7) is 0. The second-order valence-corrected chi connectivity index (χ2v) is 6.67. The van der Waals surface area contributed by atoms with Gasteiger partial charge in [-0.1, -0.05) is 32.1 Å². The van der Waals surface area contributed by atoms with Crippen molar-refractivity contribution in [3.8, 4) is 0 Å². The molecule has 0 aromatic carbocycles. The van der Waals surface area contributed by atoms with Crippen molar-refractivity contribution in [2.75, 3.05) is 0 Å². The van der Waals surface area contributed by atoms with Crippen LogP contribution in [0.5, 0.6) is 0 Å². The van der Waals surface area contributed by atoms with E-state index in [9.17, 15) is 8.42 Å². The van der Waals surface area contributed by atoms with Crippen LogP contribution in [0.25, 0.3) is 0 Å². The standard InChI is InChI=1S/C9H14ClN3O2S/c10-16(14,15)9-11-8(12-13-9)6-7-4-2-1-3-5-7/h7H,1-6H2,(H,11,12,13). The molecule has 1 aromatic heterocycles. The average Bonchev–Trinajstić information content (AvgIpc) is 2.67. The number of rotatable bonds is 3. The first-order chi connectivity index (χ1) is 7.55. The molecule has 0 saturated heterocycles. The van der Waals surface area contributed by atoms with Gasteiger partial charge in [0.2, 0.25) is 0 Å². The maximum Gasteiger partial charge on any atom is 0.298 e. The average molecular weight is 264 g/mol. The summed E-state index contributed by atoms with van der Waals surface area (Å²) < 4.78 is 21.9. The number of nitrogens with zero attached hydrogens (tertiary/aromatic N) is 2. The number of H-pyrrole nitrogens is 1. The third kappa shape index (κ3) is 2.95.